The molecular formula is C37H40ClN3O6S. The summed E-state index contributed by atoms with van der Waals surface area (Å²) in [5.41, 5.74) is 1.91. The Balaban J connectivity index is 1.57. The minimum Gasteiger partial charge on any atom is -0.493 e. The Hall–Kier alpha value is -4.54. The predicted octanol–water partition coefficient (Wildman–Crippen LogP) is 6.25. The Morgan fingerprint density at radius 1 is 0.833 bits per heavy atom. The molecule has 252 valence electrons. The normalized spacial score (nSPS) is 13.8. The number of nitrogens with zero attached hydrogens (tertiary/aromatic N) is 2. The molecule has 1 unspecified atom stereocenters. The number of benzene rings is 4. The van der Waals surface area contributed by atoms with E-state index in [1.165, 1.54) is 37.3 Å². The van der Waals surface area contributed by atoms with Crippen LogP contribution in [0, 0.1) is 0 Å². The van der Waals surface area contributed by atoms with Crippen molar-refractivity contribution in [1.29, 1.82) is 0 Å². The third-order valence-electron chi connectivity index (χ3n) is 8.50. The van der Waals surface area contributed by atoms with E-state index in [0.29, 0.717) is 10.8 Å². The zero-order chi connectivity index (χ0) is 34.1. The van der Waals surface area contributed by atoms with Gasteiger partial charge in [-0.3, -0.25) is 13.9 Å². The molecule has 0 heterocycles. The number of halogens is 1. The van der Waals surface area contributed by atoms with E-state index in [0.717, 1.165) is 41.1 Å². The average Bonchev–Trinajstić information content (AvgIpc) is 3.62. The highest BCUT2D eigenvalue weighted by atomic mass is 35.5. The lowest BCUT2D eigenvalue weighted by Crippen LogP contribution is -2.54. The van der Waals surface area contributed by atoms with Crippen LogP contribution in [0.5, 0.6) is 11.5 Å². The van der Waals surface area contributed by atoms with Crippen LogP contribution in [0.1, 0.15) is 36.8 Å². The lowest BCUT2D eigenvalue weighted by Gasteiger charge is -2.34. The van der Waals surface area contributed by atoms with Crippen molar-refractivity contribution in [2.24, 2.45) is 0 Å². The number of sulfonamides is 1. The van der Waals surface area contributed by atoms with Crippen LogP contribution >= 0.6 is 11.6 Å². The molecule has 4 aromatic rings. The van der Waals surface area contributed by atoms with E-state index in [4.69, 9.17) is 21.1 Å². The van der Waals surface area contributed by atoms with Crippen LogP contribution in [0.4, 0.5) is 5.69 Å². The topological polar surface area (TPSA) is 105 Å². The number of methoxy groups -OCH3 is 2. The van der Waals surface area contributed by atoms with Crippen LogP contribution in [-0.2, 0) is 32.6 Å². The monoisotopic (exact) mass is 689 g/mol. The summed E-state index contributed by atoms with van der Waals surface area (Å²) in [6.07, 6.45) is 4.08. The molecule has 0 aromatic heterocycles. The van der Waals surface area contributed by atoms with Crippen LogP contribution in [0.25, 0.3) is 0 Å². The molecule has 1 N–H and O–H groups in total. The molecule has 5 rings (SSSR count). The number of ether oxygens (including phenoxy) is 2. The Labute approximate surface area is 287 Å². The van der Waals surface area contributed by atoms with Crippen molar-refractivity contribution in [3.8, 4) is 11.5 Å². The number of hydrogen-bond donors (Lipinski definition) is 1. The van der Waals surface area contributed by atoms with Crippen molar-refractivity contribution in [1.82, 2.24) is 10.2 Å². The number of hydrogen-bond acceptors (Lipinski definition) is 6. The largest absolute Gasteiger partial charge is 0.493 e. The fourth-order valence-corrected chi connectivity index (χ4v) is 7.50. The van der Waals surface area contributed by atoms with E-state index in [-0.39, 0.29) is 41.2 Å². The summed E-state index contributed by atoms with van der Waals surface area (Å²) in [5.74, 6) is -0.231. The van der Waals surface area contributed by atoms with Crippen molar-refractivity contribution in [3.05, 3.63) is 119 Å². The number of nitrogens with one attached hydrogen (secondary N) is 1. The van der Waals surface area contributed by atoms with Gasteiger partial charge >= 0.3 is 0 Å². The van der Waals surface area contributed by atoms with Crippen LogP contribution in [0.3, 0.4) is 0 Å². The summed E-state index contributed by atoms with van der Waals surface area (Å²) in [7, 11) is -1.47. The summed E-state index contributed by atoms with van der Waals surface area (Å²) >= 11 is 6.17. The summed E-state index contributed by atoms with van der Waals surface area (Å²) < 4.78 is 40.5. The van der Waals surface area contributed by atoms with Gasteiger partial charge in [0, 0.05) is 30.1 Å². The van der Waals surface area contributed by atoms with Crippen LogP contribution in [-0.4, -0.2) is 58.0 Å². The van der Waals surface area contributed by atoms with Gasteiger partial charge in [0.25, 0.3) is 10.0 Å². The maximum absolute atomic E-state index is 14.6. The number of amides is 2. The maximum Gasteiger partial charge on any atom is 0.264 e. The SMILES string of the molecule is COc1ccc(S(=O)(=O)N(CC(=O)N(Cc2ccccc2)C(Cc2ccccc2)C(=O)NC2CCCC2)c2ccc(Cl)cc2)cc1OC. The average molecular weight is 690 g/mol. The predicted molar refractivity (Wildman–Crippen MR) is 187 cm³/mol. The first-order valence-electron chi connectivity index (χ1n) is 15.9. The van der Waals surface area contributed by atoms with Crippen LogP contribution in [0.2, 0.25) is 5.02 Å². The lowest BCUT2D eigenvalue weighted by molar-refractivity contribution is -0.140. The molecule has 9 nitrogen and oxygen atoms in total. The fraction of sp³-hybridized carbons (Fsp3) is 0.297. The highest BCUT2D eigenvalue weighted by Crippen LogP contribution is 2.33. The minimum absolute atomic E-state index is 0.0282. The molecule has 1 atom stereocenters. The molecule has 0 saturated heterocycles. The first-order valence-corrected chi connectivity index (χ1v) is 17.7. The zero-order valence-corrected chi connectivity index (χ0v) is 28.6. The van der Waals surface area contributed by atoms with Crippen molar-refractivity contribution in [3.63, 3.8) is 0 Å². The summed E-state index contributed by atoms with van der Waals surface area (Å²) in [4.78, 5) is 30.1. The number of carbonyl (C=O) groups is 2. The molecule has 0 aliphatic heterocycles. The van der Waals surface area contributed by atoms with Gasteiger partial charge in [-0.1, -0.05) is 85.1 Å². The van der Waals surface area contributed by atoms with Crippen molar-refractivity contribution >= 4 is 39.1 Å². The van der Waals surface area contributed by atoms with Gasteiger partial charge in [-0.2, -0.15) is 0 Å². The molecule has 0 bridgehead atoms. The van der Waals surface area contributed by atoms with Crippen LogP contribution in [0.15, 0.2) is 108 Å². The second-order valence-corrected chi connectivity index (χ2v) is 14.0. The van der Waals surface area contributed by atoms with Gasteiger partial charge in [0.15, 0.2) is 11.5 Å². The van der Waals surface area contributed by atoms with Crippen molar-refractivity contribution in [2.75, 3.05) is 25.1 Å². The third kappa shape index (κ3) is 8.48. The lowest BCUT2D eigenvalue weighted by atomic mass is 10.0. The molecule has 11 heteroatoms. The molecular weight excluding hydrogens is 650 g/mol. The summed E-state index contributed by atoms with van der Waals surface area (Å²) in [6.45, 7) is -0.479. The number of rotatable bonds is 14. The summed E-state index contributed by atoms with van der Waals surface area (Å²) in [5, 5.41) is 3.59. The quantitative estimate of drug-likeness (QED) is 0.168. The maximum atomic E-state index is 14.6. The minimum atomic E-state index is -4.34. The molecule has 0 radical (unpaired) electrons. The van der Waals surface area contributed by atoms with E-state index >= 15 is 0 Å². The van der Waals surface area contributed by atoms with Crippen LogP contribution < -0.4 is 19.1 Å². The molecule has 0 spiro atoms. The molecule has 1 saturated carbocycles. The fourth-order valence-electron chi connectivity index (χ4n) is 5.94. The first-order chi connectivity index (χ1) is 23.2. The van der Waals surface area contributed by atoms with E-state index in [9.17, 15) is 18.0 Å². The highest BCUT2D eigenvalue weighted by Gasteiger charge is 2.36. The van der Waals surface area contributed by atoms with E-state index in [1.54, 1.807) is 24.3 Å². The highest BCUT2D eigenvalue weighted by molar-refractivity contribution is 7.92. The van der Waals surface area contributed by atoms with Crippen molar-refractivity contribution in [2.45, 2.75) is 55.6 Å². The van der Waals surface area contributed by atoms with E-state index in [2.05, 4.69) is 5.32 Å². The standard InChI is InChI=1S/C37H40ClN3O6S/c1-46-34-22-21-32(24-35(34)47-2)48(44,45)41(31-19-17-29(38)18-20-31)26-36(42)40(25-28-13-7-4-8-14-28)33(23-27-11-5-3-6-12-27)37(43)39-30-15-9-10-16-30/h3-8,11-14,17-22,24,30,33H,9-10,15-16,23,25-26H2,1-2H3,(H,39,43). The Morgan fingerprint density at radius 3 is 2.04 bits per heavy atom. The molecule has 2 amide bonds. The van der Waals surface area contributed by atoms with Gasteiger partial charge < -0.3 is 19.7 Å². The number of carbonyl (C=O) groups excluding carboxylic acids is 2. The Morgan fingerprint density at radius 2 is 1.44 bits per heavy atom. The van der Waals surface area contributed by atoms with E-state index < -0.39 is 28.5 Å². The second kappa shape index (κ2) is 16.0. The van der Waals surface area contributed by atoms with Gasteiger partial charge in [-0.25, -0.2) is 8.42 Å². The zero-order valence-electron chi connectivity index (χ0n) is 27.0. The van der Waals surface area contributed by atoms with Gasteiger partial charge in [0.05, 0.1) is 24.8 Å². The molecule has 1 fully saturated rings. The van der Waals surface area contributed by atoms with Crippen molar-refractivity contribution < 1.29 is 27.5 Å². The second-order valence-electron chi connectivity index (χ2n) is 11.7. The molecule has 1 aliphatic rings. The Kier molecular flexibility index (Phi) is 11.6. The summed E-state index contributed by atoms with van der Waals surface area (Å²) in [6, 6.07) is 28.5. The van der Waals surface area contributed by atoms with Gasteiger partial charge in [0.2, 0.25) is 11.8 Å². The third-order valence-corrected chi connectivity index (χ3v) is 10.5. The Bertz CT molecular complexity index is 1780. The number of anilines is 1. The smallest absolute Gasteiger partial charge is 0.264 e. The van der Waals surface area contributed by atoms with Gasteiger partial charge in [-0.15, -0.1) is 0 Å². The van der Waals surface area contributed by atoms with Gasteiger partial charge in [-0.05, 0) is 60.4 Å². The van der Waals surface area contributed by atoms with Gasteiger partial charge in [0.1, 0.15) is 12.6 Å². The van der Waals surface area contributed by atoms with E-state index in [1.807, 2.05) is 60.7 Å². The molecule has 1 aliphatic carbocycles. The molecule has 48 heavy (non-hydrogen) atoms. The molecule has 4 aromatic carbocycles. The first kappa shape index (κ1) is 34.8.